The maximum atomic E-state index is 13.8. The predicted octanol–water partition coefficient (Wildman–Crippen LogP) is 4.26. The van der Waals surface area contributed by atoms with Crippen molar-refractivity contribution in [2.45, 2.75) is 51.2 Å². The summed E-state index contributed by atoms with van der Waals surface area (Å²) in [4.78, 5) is 31.7. The molecule has 7 heteroatoms. The number of rotatable bonds is 6. The van der Waals surface area contributed by atoms with Crippen LogP contribution in [0.1, 0.15) is 49.1 Å². The van der Waals surface area contributed by atoms with Crippen molar-refractivity contribution in [3.63, 3.8) is 0 Å². The molecule has 1 atom stereocenters. The molecule has 2 aliphatic rings. The molecular weight excluding hydrogens is 412 g/mol. The second-order valence-corrected chi connectivity index (χ2v) is 9.53. The normalized spacial score (nSPS) is 24.4. The minimum Gasteiger partial charge on any atom is -0.493 e. The maximum absolute atomic E-state index is 13.8. The number of methoxy groups -OCH3 is 2. The van der Waals surface area contributed by atoms with Crippen molar-refractivity contribution in [3.8, 4) is 11.5 Å². The summed E-state index contributed by atoms with van der Waals surface area (Å²) in [5, 5.41) is 1.99. The Morgan fingerprint density at radius 2 is 1.77 bits per heavy atom. The number of hydrogen-bond donors (Lipinski definition) is 0. The Kier molecular flexibility index (Phi) is 6.51. The van der Waals surface area contributed by atoms with E-state index in [0.29, 0.717) is 24.0 Å². The summed E-state index contributed by atoms with van der Waals surface area (Å²) < 4.78 is 10.8. The highest BCUT2D eigenvalue weighted by Gasteiger charge is 2.43. The highest BCUT2D eigenvalue weighted by atomic mass is 32.1. The van der Waals surface area contributed by atoms with Gasteiger partial charge in [-0.1, -0.05) is 19.1 Å². The van der Waals surface area contributed by atoms with E-state index in [9.17, 15) is 9.59 Å². The molecule has 1 aliphatic heterocycles. The molecule has 2 heterocycles. The van der Waals surface area contributed by atoms with E-state index in [1.807, 2.05) is 34.5 Å². The van der Waals surface area contributed by atoms with E-state index in [0.717, 1.165) is 36.1 Å². The standard InChI is InChI=1S/C24H30N2O4S/c1-16-6-9-18(10-7-16)25-15-22(27)26(14-19-5-4-12-31-19)23(24(25)28)17-8-11-20(29-2)21(13-17)30-3/h4-5,8,11-13,16,18,23H,6-7,9-10,14-15H2,1-3H3/t16?,18?,23-/m1/s1. The zero-order valence-electron chi connectivity index (χ0n) is 18.4. The second kappa shape index (κ2) is 9.30. The molecule has 1 saturated heterocycles. The minimum absolute atomic E-state index is 0.00271. The SMILES string of the molecule is COc1ccc([C@@H]2C(=O)N(C3CCC(C)CC3)CC(=O)N2Cc2cccs2)cc1OC. The third kappa shape index (κ3) is 4.42. The van der Waals surface area contributed by atoms with E-state index in [4.69, 9.17) is 9.47 Å². The molecule has 2 amide bonds. The zero-order valence-corrected chi connectivity index (χ0v) is 19.2. The fourth-order valence-corrected chi connectivity index (χ4v) is 5.41. The summed E-state index contributed by atoms with van der Waals surface area (Å²) >= 11 is 1.60. The first kappa shape index (κ1) is 21.7. The number of piperazine rings is 1. The fraction of sp³-hybridized carbons (Fsp3) is 0.500. The lowest BCUT2D eigenvalue weighted by Gasteiger charge is -2.45. The third-order valence-corrected chi connectivity index (χ3v) is 7.37. The molecule has 1 aliphatic carbocycles. The number of thiophene rings is 1. The molecule has 1 aromatic carbocycles. The van der Waals surface area contributed by atoms with Crippen LogP contribution in [0.4, 0.5) is 0 Å². The zero-order chi connectivity index (χ0) is 22.0. The molecule has 0 bridgehead atoms. The smallest absolute Gasteiger partial charge is 0.250 e. The first-order valence-electron chi connectivity index (χ1n) is 10.9. The summed E-state index contributed by atoms with van der Waals surface area (Å²) in [6, 6.07) is 8.94. The molecule has 1 saturated carbocycles. The van der Waals surface area contributed by atoms with Crippen molar-refractivity contribution in [3.05, 3.63) is 46.2 Å². The van der Waals surface area contributed by atoms with Gasteiger partial charge in [0.15, 0.2) is 11.5 Å². The van der Waals surface area contributed by atoms with Gasteiger partial charge < -0.3 is 19.3 Å². The Morgan fingerprint density at radius 1 is 1.03 bits per heavy atom. The molecule has 0 radical (unpaired) electrons. The molecule has 4 rings (SSSR count). The van der Waals surface area contributed by atoms with Crippen molar-refractivity contribution in [1.29, 1.82) is 0 Å². The van der Waals surface area contributed by atoms with Crippen LogP contribution in [-0.4, -0.2) is 48.4 Å². The van der Waals surface area contributed by atoms with E-state index in [1.54, 1.807) is 36.5 Å². The minimum atomic E-state index is -0.664. The van der Waals surface area contributed by atoms with E-state index in [2.05, 4.69) is 6.92 Å². The summed E-state index contributed by atoms with van der Waals surface area (Å²) in [5.41, 5.74) is 0.751. The van der Waals surface area contributed by atoms with Crippen molar-refractivity contribution in [2.24, 2.45) is 5.92 Å². The molecule has 31 heavy (non-hydrogen) atoms. The van der Waals surface area contributed by atoms with Crippen LogP contribution < -0.4 is 9.47 Å². The molecular formula is C24H30N2O4S. The van der Waals surface area contributed by atoms with Gasteiger partial charge in [0.05, 0.1) is 20.8 Å². The molecule has 1 aromatic heterocycles. The van der Waals surface area contributed by atoms with Crippen molar-refractivity contribution in [2.75, 3.05) is 20.8 Å². The van der Waals surface area contributed by atoms with Gasteiger partial charge in [-0.05, 0) is 60.7 Å². The number of carbonyl (C=O) groups excluding carboxylic acids is 2. The van der Waals surface area contributed by atoms with Crippen molar-refractivity contribution >= 4 is 23.2 Å². The van der Waals surface area contributed by atoms with Gasteiger partial charge in [0.2, 0.25) is 5.91 Å². The number of hydrogen-bond acceptors (Lipinski definition) is 5. The van der Waals surface area contributed by atoms with Crippen LogP contribution in [0.25, 0.3) is 0 Å². The van der Waals surface area contributed by atoms with Gasteiger partial charge in [-0.3, -0.25) is 9.59 Å². The van der Waals surface area contributed by atoms with Crippen LogP contribution in [0.2, 0.25) is 0 Å². The second-order valence-electron chi connectivity index (χ2n) is 8.50. The Morgan fingerprint density at radius 3 is 2.42 bits per heavy atom. The number of nitrogens with zero attached hydrogens (tertiary/aromatic N) is 2. The molecule has 2 aromatic rings. The average molecular weight is 443 g/mol. The van der Waals surface area contributed by atoms with Gasteiger partial charge >= 0.3 is 0 Å². The molecule has 0 spiro atoms. The van der Waals surface area contributed by atoms with Gasteiger partial charge in [0.1, 0.15) is 12.6 Å². The molecule has 2 fully saturated rings. The van der Waals surface area contributed by atoms with Gasteiger partial charge in [-0.15, -0.1) is 11.3 Å². The van der Waals surface area contributed by atoms with E-state index in [1.165, 1.54) is 0 Å². The van der Waals surface area contributed by atoms with Crippen LogP contribution >= 0.6 is 11.3 Å². The van der Waals surface area contributed by atoms with Crippen LogP contribution in [0.15, 0.2) is 35.7 Å². The monoisotopic (exact) mass is 442 g/mol. The number of carbonyl (C=O) groups is 2. The lowest BCUT2D eigenvalue weighted by Crippen LogP contribution is -2.58. The topological polar surface area (TPSA) is 59.1 Å². The molecule has 166 valence electrons. The lowest BCUT2D eigenvalue weighted by atomic mass is 9.85. The summed E-state index contributed by atoms with van der Waals surface area (Å²) in [6.07, 6.45) is 4.12. The van der Waals surface area contributed by atoms with Gasteiger partial charge in [-0.2, -0.15) is 0 Å². The van der Waals surface area contributed by atoms with Gasteiger partial charge in [0.25, 0.3) is 5.91 Å². The van der Waals surface area contributed by atoms with E-state index in [-0.39, 0.29) is 24.4 Å². The Balaban J connectivity index is 1.69. The number of amides is 2. The quantitative estimate of drug-likeness (QED) is 0.671. The molecule has 6 nitrogen and oxygen atoms in total. The summed E-state index contributed by atoms with van der Waals surface area (Å²) in [7, 11) is 3.16. The van der Waals surface area contributed by atoms with Crippen molar-refractivity contribution in [1.82, 2.24) is 9.80 Å². The number of ether oxygens (including phenoxy) is 2. The van der Waals surface area contributed by atoms with Crippen LogP contribution in [0, 0.1) is 5.92 Å². The highest BCUT2D eigenvalue weighted by Crippen LogP contribution is 2.37. The third-order valence-electron chi connectivity index (χ3n) is 6.51. The first-order valence-corrected chi connectivity index (χ1v) is 11.7. The summed E-state index contributed by atoms with van der Waals surface area (Å²) in [6.45, 7) is 2.85. The van der Waals surface area contributed by atoms with Crippen LogP contribution in [0.5, 0.6) is 11.5 Å². The predicted molar refractivity (Wildman–Crippen MR) is 120 cm³/mol. The highest BCUT2D eigenvalue weighted by molar-refractivity contribution is 7.09. The van der Waals surface area contributed by atoms with Gasteiger partial charge in [0, 0.05) is 10.9 Å². The fourth-order valence-electron chi connectivity index (χ4n) is 4.71. The Labute approximate surface area is 187 Å². The van der Waals surface area contributed by atoms with Crippen LogP contribution in [0.3, 0.4) is 0 Å². The van der Waals surface area contributed by atoms with Gasteiger partial charge in [-0.25, -0.2) is 0 Å². The average Bonchev–Trinajstić information content (AvgIpc) is 3.30. The maximum Gasteiger partial charge on any atom is 0.250 e. The van der Waals surface area contributed by atoms with E-state index < -0.39 is 6.04 Å². The lowest BCUT2D eigenvalue weighted by molar-refractivity contribution is -0.160. The molecule has 0 unspecified atom stereocenters. The van der Waals surface area contributed by atoms with Crippen molar-refractivity contribution < 1.29 is 19.1 Å². The Hall–Kier alpha value is -2.54. The first-order chi connectivity index (χ1) is 15.0. The molecule has 0 N–H and O–H groups in total. The largest absolute Gasteiger partial charge is 0.493 e. The van der Waals surface area contributed by atoms with E-state index >= 15 is 0 Å². The number of benzene rings is 1. The van der Waals surface area contributed by atoms with Crippen LogP contribution in [-0.2, 0) is 16.1 Å². The summed E-state index contributed by atoms with van der Waals surface area (Å²) in [5.74, 6) is 1.84. The Bertz CT molecular complexity index is 922.